The Balaban J connectivity index is 2.99. The summed E-state index contributed by atoms with van der Waals surface area (Å²) in [5, 5.41) is 2.40. The number of halogens is 4. The molecule has 1 aromatic rings. The first kappa shape index (κ1) is 15.2. The first-order chi connectivity index (χ1) is 8.75. The Kier molecular flexibility index (Phi) is 4.69. The fourth-order valence-electron chi connectivity index (χ4n) is 1.49. The molecule has 1 N–H and O–H groups in total. The summed E-state index contributed by atoms with van der Waals surface area (Å²) in [6.07, 6.45) is -2.63. The molecule has 0 aromatic heterocycles. The number of rotatable bonds is 4. The summed E-state index contributed by atoms with van der Waals surface area (Å²) in [6, 6.07) is 1.40. The van der Waals surface area contributed by atoms with Crippen molar-refractivity contribution in [3.05, 3.63) is 47.8 Å². The van der Waals surface area contributed by atoms with Crippen molar-refractivity contribution in [2.45, 2.75) is 25.6 Å². The van der Waals surface area contributed by atoms with Gasteiger partial charge in [0.2, 0.25) is 0 Å². The van der Waals surface area contributed by atoms with Gasteiger partial charge in [0.25, 0.3) is 5.91 Å². The third-order valence-electron chi connectivity index (χ3n) is 2.44. The number of alkyl halides is 3. The van der Waals surface area contributed by atoms with Crippen molar-refractivity contribution in [3.63, 3.8) is 0 Å². The van der Waals surface area contributed by atoms with Gasteiger partial charge in [0.05, 0.1) is 11.1 Å². The van der Waals surface area contributed by atoms with Crippen molar-refractivity contribution in [1.29, 1.82) is 0 Å². The van der Waals surface area contributed by atoms with Crippen molar-refractivity contribution in [3.8, 4) is 0 Å². The largest absolute Gasteiger partial charge is 0.416 e. The van der Waals surface area contributed by atoms with Crippen molar-refractivity contribution >= 4 is 5.91 Å². The molecule has 0 heterocycles. The van der Waals surface area contributed by atoms with Crippen molar-refractivity contribution < 1.29 is 22.4 Å². The number of carbonyl (C=O) groups excluding carboxylic acids is 1. The van der Waals surface area contributed by atoms with Crippen LogP contribution in [-0.2, 0) is 6.18 Å². The van der Waals surface area contributed by atoms with E-state index in [-0.39, 0.29) is 6.04 Å². The summed E-state index contributed by atoms with van der Waals surface area (Å²) >= 11 is 0. The van der Waals surface area contributed by atoms with Crippen LogP contribution in [0.15, 0.2) is 30.9 Å². The predicted octanol–water partition coefficient (Wildman–Crippen LogP) is 3.54. The van der Waals surface area contributed by atoms with Crippen LogP contribution in [0.25, 0.3) is 0 Å². The summed E-state index contributed by atoms with van der Waals surface area (Å²) in [5.41, 5.74) is -1.68. The van der Waals surface area contributed by atoms with Crippen LogP contribution in [0, 0.1) is 5.82 Å². The molecule has 2 nitrogen and oxygen atoms in total. The third kappa shape index (κ3) is 4.08. The zero-order valence-corrected chi connectivity index (χ0v) is 10.2. The molecule has 1 aromatic carbocycles. The number of hydrogen-bond acceptors (Lipinski definition) is 1. The van der Waals surface area contributed by atoms with E-state index >= 15 is 0 Å². The first-order valence-electron chi connectivity index (χ1n) is 5.54. The van der Waals surface area contributed by atoms with Gasteiger partial charge in [0.15, 0.2) is 0 Å². The van der Waals surface area contributed by atoms with Gasteiger partial charge in [0.1, 0.15) is 5.82 Å². The monoisotopic (exact) mass is 275 g/mol. The van der Waals surface area contributed by atoms with Crippen LogP contribution in [0.3, 0.4) is 0 Å². The molecule has 1 atom stereocenters. The molecule has 0 fully saturated rings. The van der Waals surface area contributed by atoms with Crippen molar-refractivity contribution in [2.75, 3.05) is 0 Å². The van der Waals surface area contributed by atoms with E-state index in [0.717, 1.165) is 0 Å². The molecule has 0 aliphatic heterocycles. The molecule has 0 saturated carbocycles. The molecule has 104 valence electrons. The number of carbonyl (C=O) groups is 1. The van der Waals surface area contributed by atoms with Gasteiger partial charge >= 0.3 is 6.18 Å². The van der Waals surface area contributed by atoms with E-state index < -0.39 is 29.0 Å². The van der Waals surface area contributed by atoms with E-state index in [1.165, 1.54) is 0 Å². The van der Waals surface area contributed by atoms with Gasteiger partial charge in [-0.25, -0.2) is 4.39 Å². The molecule has 6 heteroatoms. The summed E-state index contributed by atoms with van der Waals surface area (Å²) in [6.45, 7) is 5.11. The number of benzene rings is 1. The highest BCUT2D eigenvalue weighted by Crippen LogP contribution is 2.30. The van der Waals surface area contributed by atoms with E-state index in [1.807, 2.05) is 0 Å². The standard InChI is InChI=1S/C13H13F4NO/c1-3-4-8(2)18-12(19)10-7-9(13(15,16)17)5-6-11(10)14/h3,5-8H,1,4H2,2H3,(H,18,19). The molecule has 0 aliphatic carbocycles. The Hall–Kier alpha value is -1.85. The second-order valence-electron chi connectivity index (χ2n) is 4.09. The molecule has 0 aliphatic rings. The fourth-order valence-corrected chi connectivity index (χ4v) is 1.49. The Labute approximate surface area is 108 Å². The number of hydrogen-bond donors (Lipinski definition) is 1. The minimum Gasteiger partial charge on any atom is -0.349 e. The molecule has 1 unspecified atom stereocenters. The van der Waals surface area contributed by atoms with Crippen LogP contribution in [0.1, 0.15) is 29.3 Å². The summed E-state index contributed by atoms with van der Waals surface area (Å²) in [7, 11) is 0. The maximum atomic E-state index is 13.4. The molecule has 1 rings (SSSR count). The van der Waals surface area contributed by atoms with Gasteiger partial charge in [-0.2, -0.15) is 13.2 Å². The highest BCUT2D eigenvalue weighted by Gasteiger charge is 2.32. The maximum absolute atomic E-state index is 13.4. The topological polar surface area (TPSA) is 29.1 Å². The van der Waals surface area contributed by atoms with E-state index in [1.54, 1.807) is 13.0 Å². The molecule has 0 saturated heterocycles. The number of amides is 1. The van der Waals surface area contributed by atoms with Crippen LogP contribution in [0.4, 0.5) is 17.6 Å². The molecule has 0 radical (unpaired) electrons. The normalized spacial score (nSPS) is 12.9. The Morgan fingerprint density at radius 2 is 2.11 bits per heavy atom. The van der Waals surface area contributed by atoms with E-state index in [9.17, 15) is 22.4 Å². The minimum atomic E-state index is -4.62. The number of nitrogens with one attached hydrogen (secondary N) is 1. The Morgan fingerprint density at radius 3 is 2.63 bits per heavy atom. The molecule has 0 spiro atoms. The third-order valence-corrected chi connectivity index (χ3v) is 2.44. The highest BCUT2D eigenvalue weighted by molar-refractivity contribution is 5.94. The second-order valence-corrected chi connectivity index (χ2v) is 4.09. The molecular weight excluding hydrogens is 262 g/mol. The summed E-state index contributed by atoms with van der Waals surface area (Å²) < 4.78 is 50.8. The lowest BCUT2D eigenvalue weighted by atomic mass is 10.1. The highest BCUT2D eigenvalue weighted by atomic mass is 19.4. The van der Waals surface area contributed by atoms with Crippen molar-refractivity contribution in [2.24, 2.45) is 0 Å². The molecule has 19 heavy (non-hydrogen) atoms. The van der Waals surface area contributed by atoms with Crippen molar-refractivity contribution in [1.82, 2.24) is 5.32 Å². The van der Waals surface area contributed by atoms with Gasteiger partial charge in [-0.15, -0.1) is 6.58 Å². The summed E-state index contributed by atoms with van der Waals surface area (Å²) in [5.74, 6) is -1.87. The van der Waals surface area contributed by atoms with Crippen LogP contribution >= 0.6 is 0 Å². The molecule has 0 bridgehead atoms. The Morgan fingerprint density at radius 1 is 1.47 bits per heavy atom. The molecule has 1 amide bonds. The average Bonchev–Trinajstić information content (AvgIpc) is 2.27. The lowest BCUT2D eigenvalue weighted by Crippen LogP contribution is -2.32. The van der Waals surface area contributed by atoms with E-state index in [4.69, 9.17) is 0 Å². The van der Waals surface area contributed by atoms with Gasteiger partial charge in [0, 0.05) is 6.04 Å². The average molecular weight is 275 g/mol. The zero-order valence-electron chi connectivity index (χ0n) is 10.2. The second kappa shape index (κ2) is 5.86. The maximum Gasteiger partial charge on any atom is 0.416 e. The van der Waals surface area contributed by atoms with Gasteiger partial charge in [-0.1, -0.05) is 6.08 Å². The SMILES string of the molecule is C=CCC(C)NC(=O)c1cc(C(F)(F)F)ccc1F. The Bertz CT molecular complexity index is 482. The van der Waals surface area contributed by atoms with E-state index in [0.29, 0.717) is 24.6 Å². The van der Waals surface area contributed by atoms with Gasteiger partial charge in [-0.3, -0.25) is 4.79 Å². The lowest BCUT2D eigenvalue weighted by molar-refractivity contribution is -0.137. The lowest BCUT2D eigenvalue weighted by Gasteiger charge is -2.13. The van der Waals surface area contributed by atoms with Crippen LogP contribution in [-0.4, -0.2) is 11.9 Å². The smallest absolute Gasteiger partial charge is 0.349 e. The fraction of sp³-hybridized carbons (Fsp3) is 0.308. The zero-order chi connectivity index (χ0) is 14.6. The quantitative estimate of drug-likeness (QED) is 0.661. The van der Waals surface area contributed by atoms with Gasteiger partial charge < -0.3 is 5.32 Å². The van der Waals surface area contributed by atoms with Gasteiger partial charge in [-0.05, 0) is 31.5 Å². The predicted molar refractivity (Wildman–Crippen MR) is 63.1 cm³/mol. The summed E-state index contributed by atoms with van der Waals surface area (Å²) in [4.78, 5) is 11.7. The first-order valence-corrected chi connectivity index (χ1v) is 5.54. The van der Waals surface area contributed by atoms with E-state index in [2.05, 4.69) is 11.9 Å². The minimum absolute atomic E-state index is 0.334. The molecular formula is C13H13F4NO. The van der Waals surface area contributed by atoms with Crippen LogP contribution < -0.4 is 5.32 Å². The van der Waals surface area contributed by atoms with Crippen LogP contribution in [0.5, 0.6) is 0 Å². The van der Waals surface area contributed by atoms with Crippen LogP contribution in [0.2, 0.25) is 0 Å².